The van der Waals surface area contributed by atoms with Crippen LogP contribution in [0.25, 0.3) is 21.8 Å². The van der Waals surface area contributed by atoms with Crippen LogP contribution in [0.5, 0.6) is 0 Å². The largest absolute Gasteiger partial charge is 0.379 e. The van der Waals surface area contributed by atoms with Crippen molar-refractivity contribution in [1.29, 1.82) is 0 Å². The van der Waals surface area contributed by atoms with Crippen molar-refractivity contribution in [3.05, 3.63) is 48.3 Å². The van der Waals surface area contributed by atoms with Crippen molar-refractivity contribution in [2.75, 3.05) is 37.4 Å². The number of hydrogen-bond acceptors (Lipinski definition) is 6. The number of carbonyl (C=O) groups is 1. The van der Waals surface area contributed by atoms with Crippen molar-refractivity contribution in [2.24, 2.45) is 7.05 Å². The van der Waals surface area contributed by atoms with Crippen LogP contribution in [-0.4, -0.2) is 62.2 Å². The van der Waals surface area contributed by atoms with Gasteiger partial charge in [-0.2, -0.15) is 0 Å². The SMILES string of the molecule is CCn1c2ccccc2c2cc(NC(=O)CSc3nnc(CN4CCOCC4)n3C)ccc21. The van der Waals surface area contributed by atoms with Crippen molar-refractivity contribution in [3.63, 3.8) is 0 Å². The number of carbonyl (C=O) groups excluding carboxylic acids is 1. The highest BCUT2D eigenvalue weighted by Gasteiger charge is 2.17. The van der Waals surface area contributed by atoms with Gasteiger partial charge in [-0.15, -0.1) is 10.2 Å². The summed E-state index contributed by atoms with van der Waals surface area (Å²) in [7, 11) is 1.95. The molecule has 0 atom stereocenters. The minimum Gasteiger partial charge on any atom is -0.379 e. The van der Waals surface area contributed by atoms with Crippen LogP contribution in [-0.2, 0) is 29.7 Å². The second-order valence-electron chi connectivity index (χ2n) is 8.18. The van der Waals surface area contributed by atoms with Gasteiger partial charge in [0.15, 0.2) is 5.16 Å². The van der Waals surface area contributed by atoms with Crippen molar-refractivity contribution in [2.45, 2.75) is 25.2 Å². The first-order valence-electron chi connectivity index (χ1n) is 11.3. The maximum absolute atomic E-state index is 12.7. The lowest BCUT2D eigenvalue weighted by molar-refractivity contribution is -0.113. The Balaban J connectivity index is 1.25. The molecule has 1 aliphatic heterocycles. The van der Waals surface area contributed by atoms with Crippen molar-refractivity contribution >= 4 is 45.2 Å². The van der Waals surface area contributed by atoms with E-state index < -0.39 is 0 Å². The van der Waals surface area contributed by atoms with Gasteiger partial charge in [0.05, 0.1) is 25.5 Å². The van der Waals surface area contributed by atoms with Crippen LogP contribution in [0.1, 0.15) is 12.7 Å². The summed E-state index contributed by atoms with van der Waals surface area (Å²) >= 11 is 1.40. The molecule has 0 saturated carbocycles. The molecule has 172 valence electrons. The van der Waals surface area contributed by atoms with Gasteiger partial charge in [-0.1, -0.05) is 30.0 Å². The Bertz CT molecular complexity index is 1290. The summed E-state index contributed by atoms with van der Waals surface area (Å²) in [5, 5.41) is 14.7. The molecule has 2 aromatic carbocycles. The lowest BCUT2D eigenvalue weighted by Gasteiger charge is -2.25. The molecule has 1 fully saturated rings. The fraction of sp³-hybridized carbons (Fsp3) is 0.375. The summed E-state index contributed by atoms with van der Waals surface area (Å²) in [4.78, 5) is 15.0. The zero-order chi connectivity index (χ0) is 22.8. The van der Waals surface area contributed by atoms with E-state index in [4.69, 9.17) is 4.74 Å². The second kappa shape index (κ2) is 9.54. The zero-order valence-electron chi connectivity index (χ0n) is 19.0. The number of nitrogens with one attached hydrogen (secondary N) is 1. The summed E-state index contributed by atoms with van der Waals surface area (Å²) < 4.78 is 9.68. The van der Waals surface area contributed by atoms with E-state index in [1.807, 2.05) is 17.7 Å². The Morgan fingerprint density at radius 1 is 1.09 bits per heavy atom. The predicted molar refractivity (Wildman–Crippen MR) is 132 cm³/mol. The molecule has 9 heteroatoms. The Morgan fingerprint density at radius 3 is 2.70 bits per heavy atom. The van der Waals surface area contributed by atoms with Crippen LogP contribution in [0.3, 0.4) is 0 Å². The molecule has 0 radical (unpaired) electrons. The number of benzene rings is 2. The molecule has 2 aromatic heterocycles. The quantitative estimate of drug-likeness (QED) is 0.422. The third kappa shape index (κ3) is 4.48. The summed E-state index contributed by atoms with van der Waals surface area (Å²) in [5.74, 6) is 1.12. The summed E-state index contributed by atoms with van der Waals surface area (Å²) in [6.45, 7) is 7.10. The van der Waals surface area contributed by atoms with Crippen LogP contribution in [0.4, 0.5) is 5.69 Å². The zero-order valence-corrected chi connectivity index (χ0v) is 19.8. The van der Waals surface area contributed by atoms with Crippen molar-refractivity contribution in [3.8, 4) is 0 Å². The summed E-state index contributed by atoms with van der Waals surface area (Å²) in [6, 6.07) is 14.5. The Kier molecular flexibility index (Phi) is 6.34. The number of aromatic nitrogens is 4. The Labute approximate surface area is 196 Å². The number of amides is 1. The third-order valence-corrected chi connectivity index (χ3v) is 7.12. The highest BCUT2D eigenvalue weighted by atomic mass is 32.2. The third-order valence-electron chi connectivity index (χ3n) is 6.10. The molecule has 3 heterocycles. The van der Waals surface area contributed by atoms with E-state index in [2.05, 4.69) is 68.3 Å². The first-order chi connectivity index (χ1) is 16.1. The molecule has 1 saturated heterocycles. The highest BCUT2D eigenvalue weighted by molar-refractivity contribution is 7.99. The van der Waals surface area contributed by atoms with Crippen LogP contribution >= 0.6 is 11.8 Å². The molecule has 0 bridgehead atoms. The molecule has 1 aliphatic rings. The van der Waals surface area contributed by atoms with E-state index in [1.54, 1.807) is 0 Å². The van der Waals surface area contributed by atoms with Gasteiger partial charge in [0.25, 0.3) is 0 Å². The number of aryl methyl sites for hydroxylation is 1. The maximum Gasteiger partial charge on any atom is 0.234 e. The fourth-order valence-corrected chi connectivity index (χ4v) is 5.10. The van der Waals surface area contributed by atoms with E-state index in [-0.39, 0.29) is 11.7 Å². The molecule has 0 aliphatic carbocycles. The van der Waals surface area contributed by atoms with E-state index in [0.717, 1.165) is 61.4 Å². The van der Waals surface area contributed by atoms with Gasteiger partial charge in [-0.05, 0) is 31.2 Å². The normalized spacial score (nSPS) is 14.8. The van der Waals surface area contributed by atoms with Gasteiger partial charge < -0.3 is 19.2 Å². The number of ether oxygens (including phenoxy) is 1. The average Bonchev–Trinajstić information content (AvgIpc) is 3.35. The van der Waals surface area contributed by atoms with Crippen LogP contribution in [0.2, 0.25) is 0 Å². The number of para-hydroxylation sites is 1. The molecule has 33 heavy (non-hydrogen) atoms. The van der Waals surface area contributed by atoms with Gasteiger partial charge in [-0.25, -0.2) is 0 Å². The van der Waals surface area contributed by atoms with E-state index in [0.29, 0.717) is 0 Å². The predicted octanol–water partition coefficient (Wildman–Crippen LogP) is 3.51. The number of nitrogens with zero attached hydrogens (tertiary/aromatic N) is 5. The summed E-state index contributed by atoms with van der Waals surface area (Å²) in [6.07, 6.45) is 0. The lowest BCUT2D eigenvalue weighted by atomic mass is 10.1. The second-order valence-corrected chi connectivity index (χ2v) is 9.12. The Morgan fingerprint density at radius 2 is 1.88 bits per heavy atom. The Hall–Kier alpha value is -2.88. The number of thioether (sulfide) groups is 1. The summed E-state index contributed by atoms with van der Waals surface area (Å²) in [5.41, 5.74) is 3.19. The van der Waals surface area contributed by atoms with Crippen LogP contribution < -0.4 is 5.32 Å². The topological polar surface area (TPSA) is 77.2 Å². The highest BCUT2D eigenvalue weighted by Crippen LogP contribution is 2.31. The molecule has 0 unspecified atom stereocenters. The molecule has 8 nitrogen and oxygen atoms in total. The first kappa shape index (κ1) is 21.9. The molecule has 1 N–H and O–H groups in total. The molecular weight excluding hydrogens is 436 g/mol. The van der Waals surface area contributed by atoms with Gasteiger partial charge in [0, 0.05) is 54.2 Å². The minimum absolute atomic E-state index is 0.0590. The van der Waals surface area contributed by atoms with E-state index in [1.165, 1.54) is 28.2 Å². The molecule has 5 rings (SSSR count). The molecule has 1 amide bonds. The molecule has 4 aromatic rings. The van der Waals surface area contributed by atoms with Gasteiger partial charge in [-0.3, -0.25) is 9.69 Å². The number of anilines is 1. The van der Waals surface area contributed by atoms with Gasteiger partial charge >= 0.3 is 0 Å². The van der Waals surface area contributed by atoms with Gasteiger partial charge in [0.1, 0.15) is 5.82 Å². The van der Waals surface area contributed by atoms with Crippen LogP contribution in [0.15, 0.2) is 47.6 Å². The van der Waals surface area contributed by atoms with Crippen LogP contribution in [0, 0.1) is 0 Å². The monoisotopic (exact) mass is 464 g/mol. The number of hydrogen-bond donors (Lipinski definition) is 1. The molecular formula is C24H28N6O2S. The van der Waals surface area contributed by atoms with E-state index >= 15 is 0 Å². The van der Waals surface area contributed by atoms with Crippen molar-refractivity contribution < 1.29 is 9.53 Å². The fourth-order valence-electron chi connectivity index (χ4n) is 4.37. The lowest BCUT2D eigenvalue weighted by Crippen LogP contribution is -2.36. The van der Waals surface area contributed by atoms with Gasteiger partial charge in [0.2, 0.25) is 5.91 Å². The number of morpholine rings is 1. The van der Waals surface area contributed by atoms with Crippen molar-refractivity contribution in [1.82, 2.24) is 24.2 Å². The minimum atomic E-state index is -0.0590. The van der Waals surface area contributed by atoms with E-state index in [9.17, 15) is 4.79 Å². The number of fused-ring (bicyclic) bond motifs is 3. The molecule has 0 spiro atoms. The standard InChI is InChI=1S/C24H28N6O2S/c1-3-30-20-7-5-4-6-18(20)19-14-17(8-9-21(19)30)25-23(31)16-33-24-27-26-22(28(24)2)15-29-10-12-32-13-11-29/h4-9,14H,3,10-13,15-16H2,1-2H3,(H,25,31). The first-order valence-corrected chi connectivity index (χ1v) is 12.2. The smallest absolute Gasteiger partial charge is 0.234 e. The average molecular weight is 465 g/mol. The maximum atomic E-state index is 12.7. The number of rotatable bonds is 7.